The van der Waals surface area contributed by atoms with Gasteiger partial charge in [0, 0.05) is 0 Å². The average molecular weight is 242 g/mol. The topological polar surface area (TPSA) is 0 Å². The Bertz CT molecular complexity index is 383. The molecular weight excluding hydrogens is 216 g/mol. The average Bonchev–Trinajstić information content (AvgIpc) is 2.37. The lowest BCUT2D eigenvalue weighted by Crippen LogP contribution is -2.10. The van der Waals surface area contributed by atoms with Crippen LogP contribution in [0.2, 0.25) is 0 Å². The third kappa shape index (κ3) is 3.73. The van der Waals surface area contributed by atoms with Crippen LogP contribution < -0.4 is 0 Å². The second kappa shape index (κ2) is 5.73. The van der Waals surface area contributed by atoms with Gasteiger partial charge < -0.3 is 0 Å². The highest BCUT2D eigenvalue weighted by Gasteiger charge is 2.12. The molecule has 0 amide bonds. The summed E-state index contributed by atoms with van der Waals surface area (Å²) in [5, 5.41) is 0. The quantitative estimate of drug-likeness (QED) is 0.635. The van der Waals surface area contributed by atoms with Crippen molar-refractivity contribution < 1.29 is 0 Å². The van der Waals surface area contributed by atoms with Crippen LogP contribution in [0.1, 0.15) is 64.0 Å². The normalized spacial score (nSPS) is 18.4. The maximum atomic E-state index is 2.42. The van der Waals surface area contributed by atoms with E-state index in [0.29, 0.717) is 0 Å². The third-order valence-corrected chi connectivity index (χ3v) is 3.99. The molecule has 1 aliphatic rings. The molecule has 0 heterocycles. The van der Waals surface area contributed by atoms with Crippen molar-refractivity contribution in [2.75, 3.05) is 0 Å². The van der Waals surface area contributed by atoms with E-state index < -0.39 is 0 Å². The van der Waals surface area contributed by atoms with Crippen LogP contribution in [0.15, 0.2) is 30.3 Å². The number of hydrogen-bond donors (Lipinski definition) is 0. The number of rotatable bonds is 2. The van der Waals surface area contributed by atoms with Gasteiger partial charge in [-0.15, -0.1) is 0 Å². The molecule has 0 radical (unpaired) electrons. The molecule has 18 heavy (non-hydrogen) atoms. The molecule has 0 unspecified atom stereocenters. The zero-order chi connectivity index (χ0) is 13.0. The predicted molar refractivity (Wildman–Crippen MR) is 80.8 cm³/mol. The molecule has 0 aliphatic heterocycles. The fraction of sp³-hybridized carbons (Fsp3) is 0.556. The van der Waals surface area contributed by atoms with Crippen molar-refractivity contribution in [3.63, 3.8) is 0 Å². The molecule has 0 atom stereocenters. The maximum Gasteiger partial charge on any atom is -0.0132 e. The molecule has 0 nitrogen and oxygen atoms in total. The molecule has 0 bridgehead atoms. The van der Waals surface area contributed by atoms with Crippen LogP contribution in [0.3, 0.4) is 0 Å². The predicted octanol–water partition coefficient (Wildman–Crippen LogP) is 5.58. The second-order valence-electron chi connectivity index (χ2n) is 6.63. The van der Waals surface area contributed by atoms with Gasteiger partial charge in [0.15, 0.2) is 0 Å². The lowest BCUT2D eigenvalue weighted by atomic mass is 9.86. The lowest BCUT2D eigenvalue weighted by molar-refractivity contribution is 0.420. The van der Waals surface area contributed by atoms with Crippen LogP contribution in [0.25, 0.3) is 6.08 Å². The highest BCUT2D eigenvalue weighted by molar-refractivity contribution is 5.50. The highest BCUT2D eigenvalue weighted by atomic mass is 14.2. The fourth-order valence-corrected chi connectivity index (χ4v) is 2.67. The first-order valence-corrected chi connectivity index (χ1v) is 7.34. The summed E-state index contributed by atoms with van der Waals surface area (Å²) in [6.45, 7) is 6.79. The standard InChI is InChI=1S/C18H26/c1-18(2,3)17-13-11-16(12-14-17)10-9-15-7-5-4-6-8-15/h9-15H,4-8H2,1-3H3/b10-9+. The molecule has 1 fully saturated rings. The van der Waals surface area contributed by atoms with Crippen LogP contribution in [0.5, 0.6) is 0 Å². The first-order chi connectivity index (χ1) is 8.55. The summed E-state index contributed by atoms with van der Waals surface area (Å²) in [7, 11) is 0. The van der Waals surface area contributed by atoms with E-state index in [4.69, 9.17) is 0 Å². The van der Waals surface area contributed by atoms with Crippen molar-refractivity contribution >= 4 is 6.08 Å². The van der Waals surface area contributed by atoms with Gasteiger partial charge in [0.1, 0.15) is 0 Å². The van der Waals surface area contributed by atoms with Crippen molar-refractivity contribution in [2.45, 2.75) is 58.3 Å². The van der Waals surface area contributed by atoms with E-state index in [9.17, 15) is 0 Å². The van der Waals surface area contributed by atoms with Crippen LogP contribution in [0, 0.1) is 5.92 Å². The Morgan fingerprint density at radius 3 is 2.11 bits per heavy atom. The number of allylic oxidation sites excluding steroid dienone is 1. The van der Waals surface area contributed by atoms with Crippen molar-refractivity contribution in [1.29, 1.82) is 0 Å². The van der Waals surface area contributed by atoms with E-state index in [1.807, 2.05) is 0 Å². The van der Waals surface area contributed by atoms with E-state index in [1.54, 1.807) is 0 Å². The van der Waals surface area contributed by atoms with Gasteiger partial charge in [-0.25, -0.2) is 0 Å². The summed E-state index contributed by atoms with van der Waals surface area (Å²) in [6, 6.07) is 9.03. The van der Waals surface area contributed by atoms with Crippen molar-refractivity contribution in [2.24, 2.45) is 5.92 Å². The Labute approximate surface area is 112 Å². The molecular formula is C18H26. The highest BCUT2D eigenvalue weighted by Crippen LogP contribution is 2.26. The minimum Gasteiger partial charge on any atom is -0.0808 e. The SMILES string of the molecule is CC(C)(C)c1ccc(/C=C/C2CCCCC2)cc1. The van der Waals surface area contributed by atoms with E-state index >= 15 is 0 Å². The van der Waals surface area contributed by atoms with Crippen LogP contribution in [-0.2, 0) is 5.41 Å². The maximum absolute atomic E-state index is 2.42. The molecule has 98 valence electrons. The van der Waals surface area contributed by atoms with Gasteiger partial charge in [-0.05, 0) is 35.3 Å². The van der Waals surface area contributed by atoms with Crippen LogP contribution in [0.4, 0.5) is 0 Å². The van der Waals surface area contributed by atoms with Gasteiger partial charge in [0.05, 0.1) is 0 Å². The summed E-state index contributed by atoms with van der Waals surface area (Å²) < 4.78 is 0. The van der Waals surface area contributed by atoms with Gasteiger partial charge in [0.25, 0.3) is 0 Å². The summed E-state index contributed by atoms with van der Waals surface area (Å²) in [4.78, 5) is 0. The van der Waals surface area contributed by atoms with Crippen molar-refractivity contribution in [3.8, 4) is 0 Å². The third-order valence-electron chi connectivity index (χ3n) is 3.99. The molecule has 0 saturated heterocycles. The molecule has 1 aromatic carbocycles. The lowest BCUT2D eigenvalue weighted by Gasteiger charge is -2.19. The van der Waals surface area contributed by atoms with E-state index in [0.717, 1.165) is 5.92 Å². The van der Waals surface area contributed by atoms with Gasteiger partial charge in [-0.1, -0.05) is 76.5 Å². The summed E-state index contributed by atoms with van der Waals surface area (Å²) >= 11 is 0. The van der Waals surface area contributed by atoms with Gasteiger partial charge in [0.2, 0.25) is 0 Å². The zero-order valence-electron chi connectivity index (χ0n) is 12.1. The molecule has 0 spiro atoms. The molecule has 0 aromatic heterocycles. The van der Waals surface area contributed by atoms with Crippen molar-refractivity contribution in [1.82, 2.24) is 0 Å². The van der Waals surface area contributed by atoms with Crippen LogP contribution >= 0.6 is 0 Å². The molecule has 1 aromatic rings. The van der Waals surface area contributed by atoms with Crippen molar-refractivity contribution in [3.05, 3.63) is 41.5 Å². The zero-order valence-corrected chi connectivity index (χ0v) is 12.1. The van der Waals surface area contributed by atoms with E-state index in [2.05, 4.69) is 57.2 Å². The first kappa shape index (κ1) is 13.4. The molecule has 0 N–H and O–H groups in total. The Morgan fingerprint density at radius 1 is 0.944 bits per heavy atom. The Kier molecular flexibility index (Phi) is 4.27. The minimum absolute atomic E-state index is 0.256. The Morgan fingerprint density at radius 2 is 1.56 bits per heavy atom. The van der Waals surface area contributed by atoms with Gasteiger partial charge >= 0.3 is 0 Å². The summed E-state index contributed by atoms with van der Waals surface area (Å²) in [5.74, 6) is 0.820. The minimum atomic E-state index is 0.256. The van der Waals surface area contributed by atoms with E-state index in [-0.39, 0.29) is 5.41 Å². The molecule has 2 rings (SSSR count). The Hall–Kier alpha value is -1.04. The summed E-state index contributed by atoms with van der Waals surface area (Å²) in [5.41, 5.74) is 3.01. The molecule has 0 heteroatoms. The van der Waals surface area contributed by atoms with E-state index in [1.165, 1.54) is 43.2 Å². The Balaban J connectivity index is 1.99. The second-order valence-corrected chi connectivity index (χ2v) is 6.63. The van der Waals surface area contributed by atoms with Gasteiger partial charge in [-0.2, -0.15) is 0 Å². The molecule has 1 saturated carbocycles. The summed E-state index contributed by atoms with van der Waals surface area (Å²) in [6.07, 6.45) is 11.8. The number of benzene rings is 1. The first-order valence-electron chi connectivity index (χ1n) is 7.34. The number of hydrogen-bond acceptors (Lipinski definition) is 0. The fourth-order valence-electron chi connectivity index (χ4n) is 2.67. The monoisotopic (exact) mass is 242 g/mol. The van der Waals surface area contributed by atoms with Gasteiger partial charge in [-0.3, -0.25) is 0 Å². The smallest absolute Gasteiger partial charge is 0.0132 e. The molecule has 1 aliphatic carbocycles. The van der Waals surface area contributed by atoms with Crippen LogP contribution in [-0.4, -0.2) is 0 Å². The largest absolute Gasteiger partial charge is 0.0808 e.